The van der Waals surface area contributed by atoms with Crippen molar-refractivity contribution >= 4 is 33.9 Å². The van der Waals surface area contributed by atoms with Crippen molar-refractivity contribution < 1.29 is 0 Å². The van der Waals surface area contributed by atoms with Crippen molar-refractivity contribution in [2.24, 2.45) is 5.73 Å². The second-order valence-corrected chi connectivity index (χ2v) is 5.40. The zero-order valence-corrected chi connectivity index (χ0v) is 11.0. The van der Waals surface area contributed by atoms with Gasteiger partial charge in [-0.25, -0.2) is 4.98 Å². The molecule has 2 aromatic rings. The summed E-state index contributed by atoms with van der Waals surface area (Å²) in [5.74, 6) is 0. The molecule has 0 bridgehead atoms. The third kappa shape index (κ3) is 2.76. The van der Waals surface area contributed by atoms with Crippen LogP contribution in [0.5, 0.6) is 0 Å². The van der Waals surface area contributed by atoms with Crippen LogP contribution in [0.25, 0.3) is 0 Å². The molecule has 2 nitrogen and oxygen atoms in total. The first-order valence-corrected chi connectivity index (χ1v) is 6.61. The summed E-state index contributed by atoms with van der Waals surface area (Å²) in [6.07, 6.45) is 2.64. The monoisotopic (exact) mass is 330 g/mol. The van der Waals surface area contributed by atoms with E-state index in [4.69, 9.17) is 5.73 Å². The van der Waals surface area contributed by atoms with Gasteiger partial charge in [-0.1, -0.05) is 18.2 Å². The van der Waals surface area contributed by atoms with Gasteiger partial charge in [0.25, 0.3) is 0 Å². The number of benzene rings is 1. The third-order valence-electron chi connectivity index (χ3n) is 2.18. The molecular weight excluding hydrogens is 319 g/mol. The number of thiazole rings is 1. The fourth-order valence-electron chi connectivity index (χ4n) is 1.43. The summed E-state index contributed by atoms with van der Waals surface area (Å²) in [5.41, 5.74) is 7.35. The maximum Gasteiger partial charge on any atom is 0.0943 e. The van der Waals surface area contributed by atoms with E-state index < -0.39 is 0 Å². The normalized spacial score (nSPS) is 12.7. The first kappa shape index (κ1) is 11.0. The van der Waals surface area contributed by atoms with Crippen molar-refractivity contribution in [3.8, 4) is 0 Å². The van der Waals surface area contributed by atoms with Crippen molar-refractivity contribution in [1.82, 2.24) is 4.98 Å². The van der Waals surface area contributed by atoms with Crippen LogP contribution in [0.1, 0.15) is 16.6 Å². The Morgan fingerprint density at radius 2 is 2.20 bits per heavy atom. The SMILES string of the molecule is NC(Cc1nccs1)c1ccccc1I. The van der Waals surface area contributed by atoms with Crippen LogP contribution in [0, 0.1) is 3.57 Å². The topological polar surface area (TPSA) is 38.9 Å². The van der Waals surface area contributed by atoms with Gasteiger partial charge in [-0.2, -0.15) is 0 Å². The van der Waals surface area contributed by atoms with Crippen LogP contribution in [0.15, 0.2) is 35.8 Å². The lowest BCUT2D eigenvalue weighted by atomic mass is 10.1. The minimum Gasteiger partial charge on any atom is -0.324 e. The molecule has 2 N–H and O–H groups in total. The Balaban J connectivity index is 2.15. The van der Waals surface area contributed by atoms with Crippen LogP contribution >= 0.6 is 33.9 Å². The van der Waals surface area contributed by atoms with Gasteiger partial charge in [0, 0.05) is 27.6 Å². The van der Waals surface area contributed by atoms with Gasteiger partial charge >= 0.3 is 0 Å². The van der Waals surface area contributed by atoms with Crippen molar-refractivity contribution in [1.29, 1.82) is 0 Å². The molecule has 0 aliphatic rings. The highest BCUT2D eigenvalue weighted by molar-refractivity contribution is 14.1. The number of halogens is 1. The summed E-state index contributed by atoms with van der Waals surface area (Å²) >= 11 is 3.98. The first-order valence-electron chi connectivity index (χ1n) is 4.66. The van der Waals surface area contributed by atoms with E-state index in [0.29, 0.717) is 0 Å². The minimum absolute atomic E-state index is 0.0456. The van der Waals surface area contributed by atoms with Gasteiger partial charge in [-0.05, 0) is 34.2 Å². The molecule has 4 heteroatoms. The van der Waals surface area contributed by atoms with Gasteiger partial charge in [-0.15, -0.1) is 11.3 Å². The number of hydrogen-bond acceptors (Lipinski definition) is 3. The molecule has 1 aromatic heterocycles. The fourth-order valence-corrected chi connectivity index (χ4v) is 2.89. The maximum absolute atomic E-state index is 6.15. The summed E-state index contributed by atoms with van der Waals surface area (Å²) < 4.78 is 1.22. The quantitative estimate of drug-likeness (QED) is 0.879. The molecule has 1 atom stereocenters. The molecule has 0 aliphatic carbocycles. The molecule has 15 heavy (non-hydrogen) atoms. The Bertz CT molecular complexity index is 428. The van der Waals surface area contributed by atoms with Gasteiger partial charge in [0.1, 0.15) is 0 Å². The standard InChI is InChI=1S/C11H11IN2S/c12-9-4-2-1-3-8(9)10(13)7-11-14-5-6-15-11/h1-6,10H,7,13H2. The van der Waals surface area contributed by atoms with Gasteiger partial charge in [0.15, 0.2) is 0 Å². The molecule has 1 unspecified atom stereocenters. The molecule has 0 fully saturated rings. The van der Waals surface area contributed by atoms with Crippen LogP contribution in [-0.4, -0.2) is 4.98 Å². The van der Waals surface area contributed by atoms with Gasteiger partial charge in [-0.3, -0.25) is 0 Å². The van der Waals surface area contributed by atoms with Crippen LogP contribution in [0.2, 0.25) is 0 Å². The predicted octanol–water partition coefficient (Wildman–Crippen LogP) is 2.99. The van der Waals surface area contributed by atoms with Crippen molar-refractivity contribution in [3.63, 3.8) is 0 Å². The van der Waals surface area contributed by atoms with E-state index in [9.17, 15) is 0 Å². The maximum atomic E-state index is 6.15. The largest absolute Gasteiger partial charge is 0.324 e. The van der Waals surface area contributed by atoms with Crippen LogP contribution in [0.3, 0.4) is 0 Å². The second kappa shape index (κ2) is 5.05. The average molecular weight is 330 g/mol. The molecule has 0 aliphatic heterocycles. The van der Waals surface area contributed by atoms with Crippen molar-refractivity contribution in [3.05, 3.63) is 50.0 Å². The first-order chi connectivity index (χ1) is 7.27. The van der Waals surface area contributed by atoms with Gasteiger partial charge in [0.2, 0.25) is 0 Å². The number of hydrogen-bond donors (Lipinski definition) is 1. The lowest BCUT2D eigenvalue weighted by Gasteiger charge is -2.11. The van der Waals surface area contributed by atoms with Crippen LogP contribution in [-0.2, 0) is 6.42 Å². The van der Waals surface area contributed by atoms with E-state index in [1.54, 1.807) is 11.3 Å². The highest BCUT2D eigenvalue weighted by Gasteiger charge is 2.10. The van der Waals surface area contributed by atoms with Crippen molar-refractivity contribution in [2.45, 2.75) is 12.5 Å². The van der Waals surface area contributed by atoms with E-state index in [-0.39, 0.29) is 6.04 Å². The van der Waals surface area contributed by atoms with Gasteiger partial charge in [0.05, 0.1) is 5.01 Å². The lowest BCUT2D eigenvalue weighted by Crippen LogP contribution is -2.14. The van der Waals surface area contributed by atoms with Crippen LogP contribution < -0.4 is 5.73 Å². The van der Waals surface area contributed by atoms with Gasteiger partial charge < -0.3 is 5.73 Å². The molecular formula is C11H11IN2S. The van der Waals surface area contributed by atoms with E-state index in [1.165, 1.54) is 9.13 Å². The number of aromatic nitrogens is 1. The van der Waals surface area contributed by atoms with E-state index in [2.05, 4.69) is 39.7 Å². The average Bonchev–Trinajstić information content (AvgIpc) is 2.71. The van der Waals surface area contributed by atoms with E-state index in [1.807, 2.05) is 23.7 Å². The summed E-state index contributed by atoms with van der Waals surface area (Å²) in [4.78, 5) is 4.25. The molecule has 0 radical (unpaired) electrons. The summed E-state index contributed by atoms with van der Waals surface area (Å²) in [6.45, 7) is 0. The molecule has 1 aromatic carbocycles. The second-order valence-electron chi connectivity index (χ2n) is 3.26. The Morgan fingerprint density at radius 3 is 2.87 bits per heavy atom. The van der Waals surface area contributed by atoms with E-state index >= 15 is 0 Å². The van der Waals surface area contributed by atoms with Crippen molar-refractivity contribution in [2.75, 3.05) is 0 Å². The summed E-state index contributed by atoms with van der Waals surface area (Å²) in [6, 6.07) is 8.27. The minimum atomic E-state index is 0.0456. The van der Waals surface area contributed by atoms with E-state index in [0.717, 1.165) is 11.4 Å². The Labute approximate surface area is 107 Å². The number of nitrogens with two attached hydrogens (primary N) is 1. The molecule has 78 valence electrons. The highest BCUT2D eigenvalue weighted by Crippen LogP contribution is 2.21. The molecule has 0 saturated heterocycles. The summed E-state index contributed by atoms with van der Waals surface area (Å²) in [7, 11) is 0. The molecule has 2 rings (SSSR count). The molecule has 0 saturated carbocycles. The molecule has 0 spiro atoms. The Hall–Kier alpha value is -0.460. The Kier molecular flexibility index (Phi) is 3.71. The fraction of sp³-hybridized carbons (Fsp3) is 0.182. The zero-order chi connectivity index (χ0) is 10.7. The smallest absolute Gasteiger partial charge is 0.0943 e. The lowest BCUT2D eigenvalue weighted by molar-refractivity contribution is 0.714. The molecule has 0 amide bonds. The number of rotatable bonds is 3. The predicted molar refractivity (Wildman–Crippen MR) is 71.9 cm³/mol. The summed E-state index contributed by atoms with van der Waals surface area (Å²) in [5, 5.41) is 3.08. The number of nitrogens with zero attached hydrogens (tertiary/aromatic N) is 1. The Morgan fingerprint density at radius 1 is 1.40 bits per heavy atom. The third-order valence-corrected chi connectivity index (χ3v) is 3.97. The zero-order valence-electron chi connectivity index (χ0n) is 8.06. The highest BCUT2D eigenvalue weighted by atomic mass is 127. The molecule has 1 heterocycles. The van der Waals surface area contributed by atoms with Crippen LogP contribution in [0.4, 0.5) is 0 Å².